The van der Waals surface area contributed by atoms with Crippen LogP contribution in [0.1, 0.15) is 29.4 Å². The maximum atomic E-state index is 12.6. The summed E-state index contributed by atoms with van der Waals surface area (Å²) >= 11 is 0. The summed E-state index contributed by atoms with van der Waals surface area (Å²) in [6, 6.07) is 7.42. The predicted octanol–water partition coefficient (Wildman–Crippen LogP) is 2.48. The number of carbonyl (C=O) groups excluding carboxylic acids is 1. The van der Waals surface area contributed by atoms with Crippen LogP contribution < -0.4 is 10.6 Å². The normalized spacial score (nSPS) is 16.1. The van der Waals surface area contributed by atoms with Gasteiger partial charge in [0, 0.05) is 31.3 Å². The monoisotopic (exact) mass is 409 g/mol. The maximum absolute atomic E-state index is 12.6. The van der Waals surface area contributed by atoms with E-state index in [9.17, 15) is 4.79 Å². The molecule has 0 saturated carbocycles. The third-order valence-electron chi connectivity index (χ3n) is 4.24. The van der Waals surface area contributed by atoms with Crippen LogP contribution in [-0.4, -0.2) is 43.5 Å². The van der Waals surface area contributed by atoms with Gasteiger partial charge in [-0.25, -0.2) is 9.67 Å². The molecule has 8 nitrogen and oxygen atoms in total. The summed E-state index contributed by atoms with van der Waals surface area (Å²) in [7, 11) is 0. The van der Waals surface area contributed by atoms with Gasteiger partial charge >= 0.3 is 0 Å². The van der Waals surface area contributed by atoms with Crippen molar-refractivity contribution in [1.29, 1.82) is 0 Å². The molecule has 1 aliphatic heterocycles. The van der Waals surface area contributed by atoms with Gasteiger partial charge in [-0.3, -0.25) is 9.48 Å². The number of pyridine rings is 1. The first-order valence-corrected chi connectivity index (χ1v) is 8.33. The molecule has 4 rings (SSSR count). The molecule has 0 bridgehead atoms. The number of anilines is 1. The van der Waals surface area contributed by atoms with Crippen LogP contribution in [0.3, 0.4) is 0 Å². The average Bonchev–Trinajstić information content (AvgIpc) is 3.35. The van der Waals surface area contributed by atoms with Gasteiger partial charge in [-0.1, -0.05) is 0 Å². The highest BCUT2D eigenvalue weighted by molar-refractivity contribution is 6.03. The fraction of sp³-hybridized carbons (Fsp3) is 0.294. The lowest BCUT2D eigenvalue weighted by Crippen LogP contribution is -2.32. The third-order valence-corrected chi connectivity index (χ3v) is 4.24. The number of carbonyl (C=O) groups is 1. The number of hydrogen-bond acceptors (Lipinski definition) is 5. The van der Waals surface area contributed by atoms with Crippen molar-refractivity contribution in [3.8, 4) is 5.82 Å². The first-order chi connectivity index (χ1) is 12.3. The van der Waals surface area contributed by atoms with Crippen LogP contribution >= 0.6 is 24.8 Å². The zero-order valence-electron chi connectivity index (χ0n) is 14.5. The van der Waals surface area contributed by atoms with Crippen molar-refractivity contribution in [3.05, 3.63) is 54.7 Å². The second-order valence-corrected chi connectivity index (χ2v) is 5.96. The van der Waals surface area contributed by atoms with Crippen molar-refractivity contribution < 1.29 is 4.79 Å². The Kier molecular flexibility index (Phi) is 7.35. The number of aromatic nitrogens is 5. The van der Waals surface area contributed by atoms with E-state index >= 15 is 0 Å². The summed E-state index contributed by atoms with van der Waals surface area (Å²) in [6.07, 6.45) is 9.17. The fourth-order valence-corrected chi connectivity index (χ4v) is 2.98. The quantitative estimate of drug-likeness (QED) is 0.690. The van der Waals surface area contributed by atoms with E-state index in [1.54, 1.807) is 47.5 Å². The molecule has 1 unspecified atom stereocenters. The second kappa shape index (κ2) is 9.50. The molecular weight excluding hydrogens is 389 g/mol. The van der Waals surface area contributed by atoms with Crippen molar-refractivity contribution in [2.45, 2.75) is 18.9 Å². The van der Waals surface area contributed by atoms with E-state index < -0.39 is 0 Å². The van der Waals surface area contributed by atoms with Crippen molar-refractivity contribution in [3.63, 3.8) is 0 Å². The highest BCUT2D eigenvalue weighted by atomic mass is 35.5. The Morgan fingerprint density at radius 1 is 1.19 bits per heavy atom. The summed E-state index contributed by atoms with van der Waals surface area (Å²) in [6.45, 7) is 1.93. The molecule has 3 aromatic heterocycles. The molecule has 3 aromatic rings. The largest absolute Gasteiger partial charge is 0.317 e. The summed E-state index contributed by atoms with van der Waals surface area (Å²) in [5.74, 6) is 0.306. The van der Waals surface area contributed by atoms with Crippen LogP contribution in [0.15, 0.2) is 49.1 Å². The van der Waals surface area contributed by atoms with Gasteiger partial charge in [-0.15, -0.1) is 24.8 Å². The van der Waals surface area contributed by atoms with Crippen molar-refractivity contribution in [2.24, 2.45) is 0 Å². The first kappa shape index (κ1) is 20.9. The molecule has 2 N–H and O–H groups in total. The van der Waals surface area contributed by atoms with Crippen molar-refractivity contribution in [2.75, 3.05) is 18.4 Å². The van der Waals surface area contributed by atoms with E-state index in [1.165, 1.54) is 0 Å². The molecule has 4 heterocycles. The minimum atomic E-state index is -0.260. The van der Waals surface area contributed by atoms with Crippen LogP contribution in [0.2, 0.25) is 0 Å². The number of piperidine rings is 1. The average molecular weight is 410 g/mol. The molecule has 0 spiro atoms. The Balaban J connectivity index is 0.00000131. The molecule has 144 valence electrons. The Morgan fingerprint density at radius 3 is 2.81 bits per heavy atom. The number of halogens is 2. The zero-order valence-corrected chi connectivity index (χ0v) is 16.1. The van der Waals surface area contributed by atoms with Gasteiger partial charge in [0.15, 0.2) is 11.5 Å². The molecule has 1 saturated heterocycles. The van der Waals surface area contributed by atoms with E-state index in [0.717, 1.165) is 25.9 Å². The van der Waals surface area contributed by atoms with Crippen LogP contribution in [0.5, 0.6) is 0 Å². The molecular formula is C17H21Cl2N7O. The van der Waals surface area contributed by atoms with Crippen LogP contribution in [0, 0.1) is 0 Å². The molecule has 1 amide bonds. The van der Waals surface area contributed by atoms with Gasteiger partial charge in [-0.2, -0.15) is 10.2 Å². The van der Waals surface area contributed by atoms with E-state index in [2.05, 4.69) is 25.8 Å². The van der Waals surface area contributed by atoms with Crippen LogP contribution in [0.4, 0.5) is 5.69 Å². The van der Waals surface area contributed by atoms with Gasteiger partial charge in [0.25, 0.3) is 5.91 Å². The number of nitrogens with one attached hydrogen (secondary N) is 2. The molecule has 27 heavy (non-hydrogen) atoms. The molecule has 1 aliphatic rings. The van der Waals surface area contributed by atoms with Crippen LogP contribution in [0.25, 0.3) is 5.82 Å². The van der Waals surface area contributed by atoms with Gasteiger partial charge < -0.3 is 10.6 Å². The first-order valence-electron chi connectivity index (χ1n) is 8.33. The van der Waals surface area contributed by atoms with Gasteiger partial charge in [0.2, 0.25) is 0 Å². The second-order valence-electron chi connectivity index (χ2n) is 5.96. The Bertz CT molecular complexity index is 860. The summed E-state index contributed by atoms with van der Waals surface area (Å²) in [4.78, 5) is 16.9. The molecule has 1 fully saturated rings. The standard InChI is InChI=1S/C17H19N7O.2ClH/c25-17(15-6-11-23(22-15)13-4-1-7-18-12-13)21-14-5-2-8-19-16(14)24-10-3-9-20-24;;/h2-3,5-6,8-11,13,18H,1,4,7,12H2,(H,21,25);2*1H. The van der Waals surface area contributed by atoms with Crippen molar-refractivity contribution >= 4 is 36.4 Å². The summed E-state index contributed by atoms with van der Waals surface area (Å²) in [5.41, 5.74) is 0.978. The van der Waals surface area contributed by atoms with Gasteiger partial charge in [0.1, 0.15) is 0 Å². The van der Waals surface area contributed by atoms with E-state index in [0.29, 0.717) is 23.2 Å². The fourth-order valence-electron chi connectivity index (χ4n) is 2.98. The topological polar surface area (TPSA) is 89.7 Å². The Morgan fingerprint density at radius 2 is 2.07 bits per heavy atom. The van der Waals surface area contributed by atoms with Gasteiger partial charge in [-0.05, 0) is 43.7 Å². The summed E-state index contributed by atoms with van der Waals surface area (Å²) < 4.78 is 3.49. The Labute approximate surface area is 169 Å². The molecule has 1 atom stereocenters. The predicted molar refractivity (Wildman–Crippen MR) is 107 cm³/mol. The minimum Gasteiger partial charge on any atom is -0.317 e. The van der Waals surface area contributed by atoms with E-state index in [-0.39, 0.29) is 30.7 Å². The lowest BCUT2D eigenvalue weighted by atomic mass is 10.1. The number of hydrogen-bond donors (Lipinski definition) is 2. The lowest BCUT2D eigenvalue weighted by Gasteiger charge is -2.22. The highest BCUT2D eigenvalue weighted by Crippen LogP contribution is 2.18. The molecule has 0 radical (unpaired) electrons. The number of rotatable bonds is 4. The SMILES string of the molecule is Cl.Cl.O=C(Nc1cccnc1-n1cccn1)c1ccn(C2CCCNC2)n1. The lowest BCUT2D eigenvalue weighted by molar-refractivity contribution is 0.102. The zero-order chi connectivity index (χ0) is 17.1. The Hall–Kier alpha value is -2.42. The molecule has 0 aliphatic carbocycles. The van der Waals surface area contributed by atoms with Gasteiger partial charge in [0.05, 0.1) is 11.7 Å². The van der Waals surface area contributed by atoms with Crippen LogP contribution in [-0.2, 0) is 0 Å². The number of amides is 1. The summed E-state index contributed by atoms with van der Waals surface area (Å²) in [5, 5.41) is 14.8. The molecule has 10 heteroatoms. The van der Waals surface area contributed by atoms with Crippen molar-refractivity contribution in [1.82, 2.24) is 29.9 Å². The smallest absolute Gasteiger partial charge is 0.276 e. The van der Waals surface area contributed by atoms with E-state index in [4.69, 9.17) is 0 Å². The highest BCUT2D eigenvalue weighted by Gasteiger charge is 2.18. The maximum Gasteiger partial charge on any atom is 0.276 e. The third kappa shape index (κ3) is 4.65. The minimum absolute atomic E-state index is 0. The van der Waals surface area contributed by atoms with E-state index in [1.807, 2.05) is 10.9 Å². The number of nitrogens with zero attached hydrogens (tertiary/aromatic N) is 5. The molecule has 0 aromatic carbocycles.